The molecule has 0 aromatic heterocycles. The largest absolute Gasteiger partial charge is 0.466 e. The molecule has 0 aromatic carbocycles. The summed E-state index contributed by atoms with van der Waals surface area (Å²) in [6.07, 6.45) is 10.2. The van der Waals surface area contributed by atoms with E-state index in [0.29, 0.717) is 13.0 Å². The van der Waals surface area contributed by atoms with Gasteiger partial charge in [-0.1, -0.05) is 19.1 Å². The molecule has 0 saturated heterocycles. The van der Waals surface area contributed by atoms with Crippen molar-refractivity contribution in [2.24, 2.45) is 0 Å². The second-order valence-corrected chi connectivity index (χ2v) is 4.15. The predicted molar refractivity (Wildman–Crippen MR) is 68.8 cm³/mol. The molecule has 0 saturated carbocycles. The molecule has 0 radical (unpaired) electrons. The number of carbonyl (C=O) groups is 2. The number of ether oxygens (including phenoxy) is 1. The van der Waals surface area contributed by atoms with E-state index in [9.17, 15) is 9.59 Å². The van der Waals surface area contributed by atoms with Gasteiger partial charge in [-0.05, 0) is 39.0 Å². The standard InChI is InChI=1S/C14H24O3/c1-3-4-5-6-7-8-9-12-17-14(16)11-10-13(2)15/h4-5H,3,6-12H2,1-2H3. The summed E-state index contributed by atoms with van der Waals surface area (Å²) in [5.74, 6) is -0.226. The second-order valence-electron chi connectivity index (χ2n) is 4.15. The number of ketones is 1. The third-order valence-electron chi connectivity index (χ3n) is 2.36. The van der Waals surface area contributed by atoms with E-state index in [-0.39, 0.29) is 18.2 Å². The minimum absolute atomic E-state index is 0.0321. The number of hydrogen-bond acceptors (Lipinski definition) is 3. The van der Waals surface area contributed by atoms with Crippen LogP contribution >= 0.6 is 0 Å². The molecule has 0 aliphatic carbocycles. The minimum Gasteiger partial charge on any atom is -0.466 e. The summed E-state index contributed by atoms with van der Waals surface area (Å²) in [4.78, 5) is 21.8. The lowest BCUT2D eigenvalue weighted by Crippen LogP contribution is -2.07. The number of rotatable bonds is 10. The van der Waals surface area contributed by atoms with Gasteiger partial charge in [0, 0.05) is 6.42 Å². The molecule has 0 rings (SSSR count). The van der Waals surface area contributed by atoms with Crippen molar-refractivity contribution in [3.05, 3.63) is 12.2 Å². The lowest BCUT2D eigenvalue weighted by Gasteiger charge is -2.03. The van der Waals surface area contributed by atoms with E-state index in [1.165, 1.54) is 6.92 Å². The van der Waals surface area contributed by atoms with Crippen molar-refractivity contribution in [1.82, 2.24) is 0 Å². The first-order valence-electron chi connectivity index (χ1n) is 6.47. The summed E-state index contributed by atoms with van der Waals surface area (Å²) < 4.78 is 5.01. The summed E-state index contributed by atoms with van der Waals surface area (Å²) in [5.41, 5.74) is 0. The van der Waals surface area contributed by atoms with E-state index in [0.717, 1.165) is 32.1 Å². The first-order chi connectivity index (χ1) is 8.16. The van der Waals surface area contributed by atoms with Gasteiger partial charge in [0.15, 0.2) is 0 Å². The van der Waals surface area contributed by atoms with Gasteiger partial charge < -0.3 is 9.53 Å². The van der Waals surface area contributed by atoms with Crippen molar-refractivity contribution in [2.45, 2.75) is 58.8 Å². The van der Waals surface area contributed by atoms with Crippen LogP contribution in [0.3, 0.4) is 0 Å². The van der Waals surface area contributed by atoms with E-state index in [4.69, 9.17) is 4.74 Å². The van der Waals surface area contributed by atoms with Crippen LogP contribution in [0.1, 0.15) is 58.8 Å². The molecule has 0 aliphatic rings. The Labute approximate surface area is 104 Å². The quantitative estimate of drug-likeness (QED) is 0.334. The lowest BCUT2D eigenvalue weighted by molar-refractivity contribution is -0.144. The Morgan fingerprint density at radius 1 is 1.06 bits per heavy atom. The number of Topliss-reactive ketones (excluding diaryl/α,β-unsaturated/α-hetero) is 1. The van der Waals surface area contributed by atoms with Crippen LogP contribution in [0.15, 0.2) is 12.2 Å². The molecule has 98 valence electrons. The Morgan fingerprint density at radius 3 is 2.47 bits per heavy atom. The van der Waals surface area contributed by atoms with Gasteiger partial charge in [0.25, 0.3) is 0 Å². The van der Waals surface area contributed by atoms with Crippen molar-refractivity contribution in [1.29, 1.82) is 0 Å². The smallest absolute Gasteiger partial charge is 0.306 e. The van der Waals surface area contributed by atoms with Crippen LogP contribution in [0, 0.1) is 0 Å². The van der Waals surface area contributed by atoms with Gasteiger partial charge in [-0.3, -0.25) is 4.79 Å². The van der Waals surface area contributed by atoms with Crippen LogP contribution in [0.2, 0.25) is 0 Å². The van der Waals surface area contributed by atoms with E-state index in [1.807, 2.05) is 0 Å². The monoisotopic (exact) mass is 240 g/mol. The maximum absolute atomic E-state index is 11.1. The van der Waals surface area contributed by atoms with Crippen LogP contribution < -0.4 is 0 Å². The highest BCUT2D eigenvalue weighted by atomic mass is 16.5. The second kappa shape index (κ2) is 11.4. The Balaban J connectivity index is 3.24. The lowest BCUT2D eigenvalue weighted by atomic mass is 10.2. The number of esters is 1. The molecule has 17 heavy (non-hydrogen) atoms. The molecule has 3 nitrogen and oxygen atoms in total. The predicted octanol–water partition coefficient (Wildman–Crippen LogP) is 3.43. The van der Waals surface area contributed by atoms with Gasteiger partial charge in [-0.2, -0.15) is 0 Å². The third-order valence-corrected chi connectivity index (χ3v) is 2.36. The van der Waals surface area contributed by atoms with Crippen LogP contribution in [0.25, 0.3) is 0 Å². The molecule has 0 N–H and O–H groups in total. The molecule has 0 spiro atoms. The SMILES string of the molecule is CCC=CCCCCCOC(=O)CCC(C)=O. The van der Waals surface area contributed by atoms with Crippen molar-refractivity contribution in [3.8, 4) is 0 Å². The van der Waals surface area contributed by atoms with Crippen LogP contribution in [-0.4, -0.2) is 18.4 Å². The van der Waals surface area contributed by atoms with E-state index in [2.05, 4.69) is 19.1 Å². The van der Waals surface area contributed by atoms with Gasteiger partial charge in [0.2, 0.25) is 0 Å². The zero-order valence-electron chi connectivity index (χ0n) is 11.0. The number of hydrogen-bond donors (Lipinski definition) is 0. The summed E-state index contributed by atoms with van der Waals surface area (Å²) in [5, 5.41) is 0. The fourth-order valence-corrected chi connectivity index (χ4v) is 1.36. The Morgan fingerprint density at radius 2 is 1.82 bits per heavy atom. The van der Waals surface area contributed by atoms with E-state index in [1.54, 1.807) is 0 Å². The van der Waals surface area contributed by atoms with Crippen molar-refractivity contribution in [2.75, 3.05) is 6.61 Å². The summed E-state index contributed by atoms with van der Waals surface area (Å²) >= 11 is 0. The zero-order valence-corrected chi connectivity index (χ0v) is 11.0. The third kappa shape index (κ3) is 12.8. The average Bonchev–Trinajstić information content (AvgIpc) is 2.30. The van der Waals surface area contributed by atoms with Crippen LogP contribution in [-0.2, 0) is 14.3 Å². The molecule has 0 atom stereocenters. The van der Waals surface area contributed by atoms with Gasteiger partial charge in [-0.15, -0.1) is 0 Å². The van der Waals surface area contributed by atoms with Gasteiger partial charge in [0.05, 0.1) is 13.0 Å². The normalized spacial score (nSPS) is 10.7. The topological polar surface area (TPSA) is 43.4 Å². The minimum atomic E-state index is -0.258. The first-order valence-corrected chi connectivity index (χ1v) is 6.47. The summed E-state index contributed by atoms with van der Waals surface area (Å²) in [6.45, 7) is 4.09. The van der Waals surface area contributed by atoms with Crippen molar-refractivity contribution < 1.29 is 14.3 Å². The molecular weight excluding hydrogens is 216 g/mol. The van der Waals surface area contributed by atoms with Crippen molar-refractivity contribution >= 4 is 11.8 Å². The summed E-state index contributed by atoms with van der Waals surface area (Å²) in [6, 6.07) is 0. The maximum atomic E-state index is 11.1. The van der Waals surface area contributed by atoms with Crippen LogP contribution in [0.5, 0.6) is 0 Å². The van der Waals surface area contributed by atoms with Gasteiger partial charge in [0.1, 0.15) is 5.78 Å². The van der Waals surface area contributed by atoms with E-state index >= 15 is 0 Å². The Hall–Kier alpha value is -1.12. The molecule has 0 aromatic rings. The van der Waals surface area contributed by atoms with Gasteiger partial charge >= 0.3 is 5.97 Å². The molecule has 0 bridgehead atoms. The first kappa shape index (κ1) is 15.9. The Kier molecular flexibility index (Phi) is 10.6. The highest BCUT2D eigenvalue weighted by Crippen LogP contribution is 2.02. The molecule has 3 heteroatoms. The molecule has 0 fully saturated rings. The highest BCUT2D eigenvalue weighted by Gasteiger charge is 2.03. The number of carbonyl (C=O) groups excluding carboxylic acids is 2. The zero-order chi connectivity index (χ0) is 12.9. The van der Waals surface area contributed by atoms with Crippen LogP contribution in [0.4, 0.5) is 0 Å². The van der Waals surface area contributed by atoms with Crippen molar-refractivity contribution in [3.63, 3.8) is 0 Å². The van der Waals surface area contributed by atoms with Gasteiger partial charge in [-0.25, -0.2) is 0 Å². The number of unbranched alkanes of at least 4 members (excludes halogenated alkanes) is 3. The number of allylic oxidation sites excluding steroid dienone is 2. The van der Waals surface area contributed by atoms with E-state index < -0.39 is 0 Å². The highest BCUT2D eigenvalue weighted by molar-refractivity contribution is 5.80. The fourth-order valence-electron chi connectivity index (χ4n) is 1.36. The molecule has 0 heterocycles. The maximum Gasteiger partial charge on any atom is 0.306 e. The average molecular weight is 240 g/mol. The molecule has 0 amide bonds. The fraction of sp³-hybridized carbons (Fsp3) is 0.714. The summed E-state index contributed by atoms with van der Waals surface area (Å²) in [7, 11) is 0. The molecule has 0 unspecified atom stereocenters. The molecular formula is C14H24O3. The molecule has 0 aliphatic heterocycles. The Bertz CT molecular complexity index is 244.